The molecule has 0 atom stereocenters. The number of aryl methyl sites for hydroxylation is 2. The lowest BCUT2D eigenvalue weighted by molar-refractivity contribution is 1.39. The highest BCUT2D eigenvalue weighted by molar-refractivity contribution is 5.98. The molecule has 0 saturated carbocycles. The van der Waals surface area contributed by atoms with Crippen LogP contribution in [0.15, 0.2) is 59.6 Å². The molecule has 96 valence electrons. The largest absolute Gasteiger partial charge is 0.253 e. The van der Waals surface area contributed by atoms with Gasteiger partial charge < -0.3 is 0 Å². The Hall–Kier alpha value is -2.15. The summed E-state index contributed by atoms with van der Waals surface area (Å²) < 4.78 is 0. The van der Waals surface area contributed by atoms with Crippen molar-refractivity contribution in [2.45, 2.75) is 20.8 Å². The van der Waals surface area contributed by atoms with Gasteiger partial charge in [-0.2, -0.15) is 0 Å². The molecule has 2 rings (SSSR count). The normalized spacial score (nSPS) is 12.1. The van der Waals surface area contributed by atoms with Crippen molar-refractivity contribution in [1.29, 1.82) is 0 Å². The van der Waals surface area contributed by atoms with Gasteiger partial charge in [0.1, 0.15) is 0 Å². The van der Waals surface area contributed by atoms with Gasteiger partial charge in [0.05, 0.1) is 5.69 Å². The van der Waals surface area contributed by atoms with Crippen LogP contribution in [0.2, 0.25) is 0 Å². The van der Waals surface area contributed by atoms with Crippen LogP contribution in [0.1, 0.15) is 23.6 Å². The summed E-state index contributed by atoms with van der Waals surface area (Å²) in [5.74, 6) is 0. The molecule has 0 amide bonds. The van der Waals surface area contributed by atoms with Crippen molar-refractivity contribution in [3.63, 3.8) is 0 Å². The van der Waals surface area contributed by atoms with Gasteiger partial charge in [0.15, 0.2) is 0 Å². The van der Waals surface area contributed by atoms with Crippen LogP contribution in [-0.4, -0.2) is 5.71 Å². The lowest BCUT2D eigenvalue weighted by atomic mass is 10.1. The molecule has 0 spiro atoms. The molecule has 2 aromatic carbocycles. The summed E-state index contributed by atoms with van der Waals surface area (Å²) >= 11 is 0. The molecule has 0 fully saturated rings. The average Bonchev–Trinajstić information content (AvgIpc) is 2.40. The number of benzene rings is 2. The zero-order chi connectivity index (χ0) is 13.7. The molecule has 1 heteroatoms. The number of aliphatic imine (C=N–C) groups is 1. The SMILES string of the molecule is CC(/C=C\c1ccccc1C)=Nc1ccccc1C. The lowest BCUT2D eigenvalue weighted by Crippen LogP contribution is -1.85. The van der Waals surface area contributed by atoms with Crippen molar-refractivity contribution >= 4 is 17.5 Å². The molecule has 19 heavy (non-hydrogen) atoms. The van der Waals surface area contributed by atoms with Crippen molar-refractivity contribution in [2.24, 2.45) is 4.99 Å². The average molecular weight is 249 g/mol. The minimum Gasteiger partial charge on any atom is -0.253 e. The van der Waals surface area contributed by atoms with Gasteiger partial charge in [-0.1, -0.05) is 48.5 Å². The van der Waals surface area contributed by atoms with Gasteiger partial charge in [0.25, 0.3) is 0 Å². The third-order valence-corrected chi connectivity index (χ3v) is 3.10. The molecule has 2 aromatic rings. The highest BCUT2D eigenvalue weighted by Crippen LogP contribution is 2.17. The number of nitrogens with zero attached hydrogens (tertiary/aromatic N) is 1. The van der Waals surface area contributed by atoms with Crippen molar-refractivity contribution in [2.75, 3.05) is 0 Å². The van der Waals surface area contributed by atoms with Crippen LogP contribution in [0, 0.1) is 13.8 Å². The minimum absolute atomic E-state index is 1.01. The molecule has 0 bridgehead atoms. The van der Waals surface area contributed by atoms with Crippen LogP contribution >= 0.6 is 0 Å². The molecule has 0 heterocycles. The Morgan fingerprint density at radius 3 is 2.21 bits per heavy atom. The monoisotopic (exact) mass is 249 g/mol. The third kappa shape index (κ3) is 3.65. The first kappa shape index (κ1) is 13.3. The Morgan fingerprint density at radius 1 is 0.895 bits per heavy atom. The van der Waals surface area contributed by atoms with Gasteiger partial charge in [-0.05, 0) is 49.6 Å². The summed E-state index contributed by atoms with van der Waals surface area (Å²) in [5.41, 5.74) is 5.77. The van der Waals surface area contributed by atoms with Crippen LogP contribution in [0.3, 0.4) is 0 Å². The van der Waals surface area contributed by atoms with Crippen LogP contribution in [0.25, 0.3) is 6.08 Å². The van der Waals surface area contributed by atoms with Crippen LogP contribution in [0.5, 0.6) is 0 Å². The molecule has 0 aliphatic carbocycles. The molecular formula is C18H19N. The number of rotatable bonds is 3. The third-order valence-electron chi connectivity index (χ3n) is 3.10. The fourth-order valence-electron chi connectivity index (χ4n) is 1.90. The fourth-order valence-corrected chi connectivity index (χ4v) is 1.90. The Balaban J connectivity index is 2.20. The molecule has 0 aromatic heterocycles. The zero-order valence-electron chi connectivity index (χ0n) is 11.7. The van der Waals surface area contributed by atoms with Crippen LogP contribution in [-0.2, 0) is 0 Å². The van der Waals surface area contributed by atoms with Crippen molar-refractivity contribution < 1.29 is 0 Å². The molecule has 0 N–H and O–H groups in total. The fraction of sp³-hybridized carbons (Fsp3) is 0.167. The second kappa shape index (κ2) is 6.14. The summed E-state index contributed by atoms with van der Waals surface area (Å²) in [4.78, 5) is 4.63. The van der Waals surface area contributed by atoms with Crippen molar-refractivity contribution in [1.82, 2.24) is 0 Å². The molecule has 0 saturated heterocycles. The van der Waals surface area contributed by atoms with E-state index < -0.39 is 0 Å². The summed E-state index contributed by atoms with van der Waals surface area (Å²) in [6.07, 6.45) is 4.18. The maximum atomic E-state index is 4.63. The summed E-state index contributed by atoms with van der Waals surface area (Å²) in [5, 5.41) is 0. The highest BCUT2D eigenvalue weighted by atomic mass is 14.7. The Labute approximate surface area is 115 Å². The van der Waals surface area contributed by atoms with Gasteiger partial charge >= 0.3 is 0 Å². The van der Waals surface area contributed by atoms with Gasteiger partial charge in [0, 0.05) is 5.71 Å². The minimum atomic E-state index is 1.01. The Bertz CT molecular complexity index is 621. The first-order valence-electron chi connectivity index (χ1n) is 6.51. The Morgan fingerprint density at radius 2 is 1.53 bits per heavy atom. The van der Waals surface area contributed by atoms with Crippen molar-refractivity contribution in [3.05, 3.63) is 71.3 Å². The number of hydrogen-bond donors (Lipinski definition) is 0. The van der Waals surface area contributed by atoms with E-state index in [2.05, 4.69) is 61.3 Å². The molecule has 0 unspecified atom stereocenters. The molecule has 0 radical (unpaired) electrons. The molecule has 1 nitrogen and oxygen atoms in total. The smallest absolute Gasteiger partial charge is 0.0661 e. The van der Waals surface area contributed by atoms with E-state index >= 15 is 0 Å². The van der Waals surface area contributed by atoms with Crippen molar-refractivity contribution in [3.8, 4) is 0 Å². The second-order valence-electron chi connectivity index (χ2n) is 4.73. The molecule has 0 aliphatic heterocycles. The standard InChI is InChI=1S/C18H19N/c1-14-8-4-6-10-17(14)13-12-16(3)19-18-11-7-5-9-15(18)2/h4-13H,1-3H3/b13-12-,19-16?. The topological polar surface area (TPSA) is 12.4 Å². The van der Waals surface area contributed by atoms with Crippen LogP contribution < -0.4 is 0 Å². The van der Waals surface area contributed by atoms with Gasteiger partial charge in [-0.3, -0.25) is 4.99 Å². The summed E-state index contributed by atoms with van der Waals surface area (Å²) in [6, 6.07) is 16.5. The van der Waals surface area contributed by atoms with E-state index in [4.69, 9.17) is 0 Å². The quantitative estimate of drug-likeness (QED) is 0.670. The first-order valence-corrected chi connectivity index (χ1v) is 6.51. The van der Waals surface area contributed by atoms with E-state index in [0.717, 1.165) is 11.4 Å². The summed E-state index contributed by atoms with van der Waals surface area (Å²) in [7, 11) is 0. The van der Waals surface area contributed by atoms with E-state index in [9.17, 15) is 0 Å². The van der Waals surface area contributed by atoms with E-state index in [1.165, 1.54) is 16.7 Å². The maximum Gasteiger partial charge on any atom is 0.0661 e. The molecule has 0 aliphatic rings. The number of para-hydroxylation sites is 1. The Kier molecular flexibility index (Phi) is 4.30. The number of allylic oxidation sites excluding steroid dienone is 1. The second-order valence-corrected chi connectivity index (χ2v) is 4.73. The first-order chi connectivity index (χ1) is 9.16. The summed E-state index contributed by atoms with van der Waals surface area (Å²) in [6.45, 7) is 6.23. The van der Waals surface area contributed by atoms with E-state index in [1.54, 1.807) is 0 Å². The lowest BCUT2D eigenvalue weighted by Gasteiger charge is -2.01. The van der Waals surface area contributed by atoms with Gasteiger partial charge in [-0.25, -0.2) is 0 Å². The molecular weight excluding hydrogens is 230 g/mol. The van der Waals surface area contributed by atoms with E-state index in [-0.39, 0.29) is 0 Å². The predicted molar refractivity (Wildman–Crippen MR) is 84.2 cm³/mol. The van der Waals surface area contributed by atoms with Gasteiger partial charge in [0.2, 0.25) is 0 Å². The maximum absolute atomic E-state index is 4.63. The van der Waals surface area contributed by atoms with E-state index in [0.29, 0.717) is 0 Å². The van der Waals surface area contributed by atoms with Gasteiger partial charge in [-0.15, -0.1) is 0 Å². The highest BCUT2D eigenvalue weighted by Gasteiger charge is 1.95. The van der Waals surface area contributed by atoms with Crippen LogP contribution in [0.4, 0.5) is 5.69 Å². The predicted octanol–water partition coefficient (Wildman–Crippen LogP) is 5.11. The number of hydrogen-bond acceptors (Lipinski definition) is 1. The zero-order valence-corrected chi connectivity index (χ0v) is 11.7. The van der Waals surface area contributed by atoms with E-state index in [1.807, 2.05) is 25.1 Å².